The molecule has 4 aliphatic heterocycles. The quantitative estimate of drug-likeness (QED) is 0.161. The second kappa shape index (κ2) is 12.8. The summed E-state index contributed by atoms with van der Waals surface area (Å²) in [5, 5.41) is 15.2. The van der Waals surface area contributed by atoms with Crippen molar-refractivity contribution in [2.75, 3.05) is 4.90 Å². The lowest BCUT2D eigenvalue weighted by Crippen LogP contribution is -2.51. The SMILES string of the molecule is Cc1ccc(N2C(=O)[C@H]3C(C(C)C)NC4(c5ccccc5-n5c4nc4ccccc4c5=O)[C@H]3C2=O)cc1C.O=C1C(c2c(O)[nH]c3ccccc23)=Nc2ccccc21. The summed E-state index contributed by atoms with van der Waals surface area (Å²) < 4.78 is 1.64. The van der Waals surface area contributed by atoms with E-state index in [1.807, 2.05) is 111 Å². The number of H-pyrrole nitrogens is 1. The summed E-state index contributed by atoms with van der Waals surface area (Å²) >= 11 is 0. The molecular weight excluding hydrogens is 729 g/mol. The summed E-state index contributed by atoms with van der Waals surface area (Å²) in [5.41, 5.74) is 6.27. The molecule has 4 atom stereocenters. The maximum Gasteiger partial charge on any atom is 0.266 e. The number of carbonyl (C=O) groups excluding carboxylic acids is 3. The number of aliphatic imine (C=N–C) groups is 1. The van der Waals surface area contributed by atoms with Crippen LogP contribution in [0.1, 0.15) is 52.3 Å². The van der Waals surface area contributed by atoms with Crippen molar-refractivity contribution in [3.63, 3.8) is 0 Å². The molecule has 6 heterocycles. The summed E-state index contributed by atoms with van der Waals surface area (Å²) in [6.07, 6.45) is 0. The summed E-state index contributed by atoms with van der Waals surface area (Å²) in [4.78, 5) is 68.5. The minimum atomic E-state index is -1.11. The minimum Gasteiger partial charge on any atom is -0.494 e. The van der Waals surface area contributed by atoms with Crippen molar-refractivity contribution in [2.45, 2.75) is 39.3 Å². The zero-order valence-corrected chi connectivity index (χ0v) is 32.1. The molecule has 0 radical (unpaired) electrons. The first kappa shape index (κ1) is 35.4. The first-order valence-corrected chi connectivity index (χ1v) is 19.4. The van der Waals surface area contributed by atoms with E-state index in [4.69, 9.17) is 4.98 Å². The first-order valence-electron chi connectivity index (χ1n) is 19.4. The molecule has 2 unspecified atom stereocenters. The average Bonchev–Trinajstić information content (AvgIpc) is 3.99. The Hall–Kier alpha value is -6.98. The molecule has 11 nitrogen and oxygen atoms in total. The van der Waals surface area contributed by atoms with Crippen LogP contribution in [0.5, 0.6) is 5.88 Å². The molecule has 4 aliphatic rings. The highest BCUT2D eigenvalue weighted by atomic mass is 16.3. The Labute approximate surface area is 332 Å². The van der Waals surface area contributed by atoms with Gasteiger partial charge in [-0.25, -0.2) is 14.9 Å². The van der Waals surface area contributed by atoms with E-state index in [0.717, 1.165) is 27.6 Å². The number of anilines is 1. The molecule has 11 heteroatoms. The van der Waals surface area contributed by atoms with Crippen LogP contribution in [0.15, 0.2) is 125 Å². The van der Waals surface area contributed by atoms with Crippen molar-refractivity contribution in [1.29, 1.82) is 0 Å². The van der Waals surface area contributed by atoms with Crippen LogP contribution in [0.3, 0.4) is 0 Å². The second-order valence-corrected chi connectivity index (χ2v) is 15.8. The van der Waals surface area contributed by atoms with Gasteiger partial charge >= 0.3 is 0 Å². The van der Waals surface area contributed by atoms with Crippen LogP contribution in [0, 0.1) is 31.6 Å². The summed E-state index contributed by atoms with van der Waals surface area (Å²) in [5.74, 6) is -1.43. The number of rotatable bonds is 3. The lowest BCUT2D eigenvalue weighted by molar-refractivity contribution is -0.123. The third-order valence-electron chi connectivity index (χ3n) is 12.3. The molecule has 7 aromatic rings. The van der Waals surface area contributed by atoms with E-state index in [1.54, 1.807) is 22.8 Å². The number of imide groups is 1. The molecule has 0 bridgehead atoms. The molecule has 0 aliphatic carbocycles. The smallest absolute Gasteiger partial charge is 0.266 e. The number of fused-ring (bicyclic) bond motifs is 10. The second-order valence-electron chi connectivity index (χ2n) is 15.8. The Balaban J connectivity index is 0.000000171. The first-order chi connectivity index (χ1) is 28.0. The molecule has 3 N–H and O–H groups in total. The number of aromatic hydroxyl groups is 1. The maximum absolute atomic E-state index is 14.4. The van der Waals surface area contributed by atoms with E-state index in [0.29, 0.717) is 50.6 Å². The van der Waals surface area contributed by atoms with Crippen LogP contribution >= 0.6 is 0 Å². The topological polar surface area (TPSA) is 150 Å². The predicted octanol–water partition coefficient (Wildman–Crippen LogP) is 7.18. The summed E-state index contributed by atoms with van der Waals surface area (Å²) in [6, 6.07) is 35.0. The molecular formula is C47H38N6O5. The number of carbonyl (C=O) groups is 3. The number of nitrogens with zero attached hydrogens (tertiary/aromatic N) is 4. The number of aromatic amines is 1. The van der Waals surface area contributed by atoms with Crippen LogP contribution in [0.25, 0.3) is 27.5 Å². The molecule has 2 fully saturated rings. The molecule has 5 aromatic carbocycles. The fourth-order valence-corrected chi connectivity index (χ4v) is 9.44. The molecule has 11 rings (SSSR count). The number of ketones is 1. The highest BCUT2D eigenvalue weighted by molar-refractivity contribution is 6.56. The molecule has 1 spiro atoms. The van der Waals surface area contributed by atoms with E-state index < -0.39 is 17.4 Å². The molecule has 286 valence electrons. The van der Waals surface area contributed by atoms with E-state index in [-0.39, 0.29) is 41.0 Å². The van der Waals surface area contributed by atoms with Crippen molar-refractivity contribution < 1.29 is 19.5 Å². The summed E-state index contributed by atoms with van der Waals surface area (Å²) in [7, 11) is 0. The number of hydrogen-bond donors (Lipinski definition) is 3. The summed E-state index contributed by atoms with van der Waals surface area (Å²) in [6.45, 7) is 8.11. The third-order valence-corrected chi connectivity index (χ3v) is 12.3. The number of para-hydroxylation sites is 4. The largest absolute Gasteiger partial charge is 0.494 e. The van der Waals surface area contributed by atoms with Gasteiger partial charge < -0.3 is 10.1 Å². The van der Waals surface area contributed by atoms with Crippen LogP contribution in [0.4, 0.5) is 11.4 Å². The van der Waals surface area contributed by atoms with E-state index in [2.05, 4.69) is 29.1 Å². The van der Waals surface area contributed by atoms with Crippen LogP contribution in [-0.2, 0) is 15.1 Å². The Bertz CT molecular complexity index is 3030. The maximum atomic E-state index is 14.4. The molecule has 2 amide bonds. The number of Topliss-reactive ketones (excluding diaryl/α,β-unsaturated/α-hetero) is 1. The Morgan fingerprint density at radius 3 is 2.26 bits per heavy atom. The van der Waals surface area contributed by atoms with Crippen LogP contribution in [0.2, 0.25) is 0 Å². The van der Waals surface area contributed by atoms with E-state index in [1.165, 1.54) is 4.90 Å². The highest BCUT2D eigenvalue weighted by Gasteiger charge is 2.70. The molecule has 2 saturated heterocycles. The van der Waals surface area contributed by atoms with Gasteiger partial charge in [0.1, 0.15) is 17.1 Å². The Morgan fingerprint density at radius 2 is 1.48 bits per heavy atom. The van der Waals surface area contributed by atoms with E-state index in [9.17, 15) is 24.3 Å². The molecule has 0 saturated carbocycles. The van der Waals surface area contributed by atoms with Gasteiger partial charge in [0.25, 0.3) is 5.56 Å². The van der Waals surface area contributed by atoms with Gasteiger partial charge in [-0.3, -0.25) is 29.1 Å². The number of amides is 2. The monoisotopic (exact) mass is 766 g/mol. The van der Waals surface area contributed by atoms with Gasteiger partial charge in [0, 0.05) is 28.1 Å². The lowest BCUT2D eigenvalue weighted by Gasteiger charge is -2.32. The fourth-order valence-electron chi connectivity index (χ4n) is 9.44. The van der Waals surface area contributed by atoms with Gasteiger partial charge in [-0.2, -0.15) is 0 Å². The van der Waals surface area contributed by atoms with Crippen LogP contribution < -0.4 is 15.8 Å². The standard InChI is InChI=1S/C31H28N4O3.C16H10N2O2/c1-16(2)26-24-25(29(38)34(28(24)37)19-14-13-17(3)18(4)15-19)31(33-26)21-10-6-8-12-23(21)35-27(36)20-9-5-7-11-22(20)32-30(31)35;19-15-10-6-2-4-8-12(10)17-14(15)13-9-5-1-3-7-11(9)18-16(13)20/h5-16,24-26,33H,1-4H3;1-8,18,20H/t24-,25-,26?,31?;/m1./s1. The molecule has 58 heavy (non-hydrogen) atoms. The fraction of sp³-hybridized carbons (Fsp3) is 0.191. The van der Waals surface area contributed by atoms with Crippen molar-refractivity contribution in [3.8, 4) is 11.6 Å². The highest BCUT2D eigenvalue weighted by Crippen LogP contribution is 2.56. The van der Waals surface area contributed by atoms with Gasteiger partial charge in [-0.05, 0) is 79.4 Å². The van der Waals surface area contributed by atoms with Gasteiger partial charge in [-0.1, -0.05) is 80.6 Å². The van der Waals surface area contributed by atoms with Gasteiger partial charge in [0.2, 0.25) is 17.6 Å². The van der Waals surface area contributed by atoms with Crippen molar-refractivity contribution >= 4 is 56.5 Å². The van der Waals surface area contributed by atoms with Crippen molar-refractivity contribution in [1.82, 2.24) is 19.9 Å². The van der Waals surface area contributed by atoms with E-state index >= 15 is 0 Å². The van der Waals surface area contributed by atoms with Gasteiger partial charge in [0.05, 0.1) is 45.4 Å². The number of aromatic nitrogens is 3. The predicted molar refractivity (Wildman–Crippen MR) is 222 cm³/mol. The third kappa shape index (κ3) is 4.83. The zero-order chi connectivity index (χ0) is 40.2. The zero-order valence-electron chi connectivity index (χ0n) is 32.1. The van der Waals surface area contributed by atoms with Crippen molar-refractivity contribution in [3.05, 3.63) is 159 Å². The van der Waals surface area contributed by atoms with Gasteiger partial charge in [-0.15, -0.1) is 0 Å². The van der Waals surface area contributed by atoms with Crippen molar-refractivity contribution in [2.24, 2.45) is 22.7 Å². The number of aryl methyl sites for hydroxylation is 2. The number of benzene rings is 5. The van der Waals surface area contributed by atoms with Gasteiger partial charge in [0.15, 0.2) is 5.88 Å². The Morgan fingerprint density at radius 1 is 0.776 bits per heavy atom. The number of nitrogens with one attached hydrogen (secondary N) is 2. The van der Waals surface area contributed by atoms with Crippen LogP contribution in [-0.4, -0.2) is 49.0 Å². The number of hydrogen-bond acceptors (Lipinski definition) is 8. The Kier molecular flexibility index (Phi) is 7.80. The normalized spacial score (nSPS) is 21.4. The minimum absolute atomic E-state index is 0.0221. The lowest BCUT2D eigenvalue weighted by atomic mass is 9.75. The molecule has 2 aromatic heterocycles. The average molecular weight is 767 g/mol.